The van der Waals surface area contributed by atoms with E-state index >= 15 is 0 Å². The van der Waals surface area contributed by atoms with Crippen LogP contribution in [0.5, 0.6) is 0 Å². The number of alkyl halides is 3. The molecule has 0 aromatic rings. The van der Waals surface area contributed by atoms with E-state index in [0.29, 0.717) is 32.8 Å². The van der Waals surface area contributed by atoms with Crippen molar-refractivity contribution in [1.29, 1.82) is 0 Å². The van der Waals surface area contributed by atoms with Crippen LogP contribution in [0.4, 0.5) is 13.2 Å². The lowest BCUT2D eigenvalue weighted by Crippen LogP contribution is -2.46. The maximum Gasteiger partial charge on any atom is 0.415 e. The summed E-state index contributed by atoms with van der Waals surface area (Å²) in [5, 5.41) is 18.7. The van der Waals surface area contributed by atoms with E-state index in [2.05, 4.69) is 0 Å². The zero-order valence-corrected chi connectivity index (χ0v) is 10.9. The second-order valence-corrected chi connectivity index (χ2v) is 4.85. The average Bonchev–Trinajstić information content (AvgIpc) is 2.28. The van der Waals surface area contributed by atoms with Crippen molar-refractivity contribution in [2.45, 2.75) is 18.4 Å². The molecule has 1 rings (SSSR count). The van der Waals surface area contributed by atoms with Gasteiger partial charge in [0.25, 0.3) is 0 Å². The van der Waals surface area contributed by atoms with Gasteiger partial charge in [0, 0.05) is 32.7 Å². The Bertz CT molecular complexity index is 260. The summed E-state index contributed by atoms with van der Waals surface area (Å²) in [5.74, 6) is 0. The normalized spacial score (nSPS) is 21.6. The van der Waals surface area contributed by atoms with Gasteiger partial charge in [0.05, 0.1) is 19.3 Å². The number of hydrogen-bond donors (Lipinski definition) is 2. The van der Waals surface area contributed by atoms with Crippen LogP contribution in [0.15, 0.2) is 0 Å². The number of nitrogens with zero attached hydrogens (tertiary/aromatic N) is 2. The summed E-state index contributed by atoms with van der Waals surface area (Å²) in [4.78, 5) is 3.28. The molecule has 0 spiro atoms. The Labute approximate surface area is 110 Å². The second kappa shape index (κ2) is 7.39. The molecule has 0 aromatic carbocycles. The number of aliphatic hydroxyl groups is 2. The van der Waals surface area contributed by atoms with Crippen LogP contribution in [0, 0.1) is 0 Å². The number of aliphatic hydroxyl groups excluding tert-OH is 2. The van der Waals surface area contributed by atoms with Gasteiger partial charge < -0.3 is 19.8 Å². The van der Waals surface area contributed by atoms with Crippen molar-refractivity contribution in [2.24, 2.45) is 0 Å². The van der Waals surface area contributed by atoms with Crippen molar-refractivity contribution in [3.63, 3.8) is 0 Å². The molecular weight excluding hydrogens is 265 g/mol. The molecule has 1 saturated heterocycles. The van der Waals surface area contributed by atoms with E-state index in [1.807, 2.05) is 4.90 Å². The summed E-state index contributed by atoms with van der Waals surface area (Å²) in [5.41, 5.74) is 0. The highest BCUT2D eigenvalue weighted by molar-refractivity contribution is 4.73. The van der Waals surface area contributed by atoms with Gasteiger partial charge in [0.2, 0.25) is 0 Å². The van der Waals surface area contributed by atoms with Crippen LogP contribution in [-0.2, 0) is 4.74 Å². The lowest BCUT2D eigenvalue weighted by molar-refractivity contribution is -0.208. The molecule has 8 heteroatoms. The second-order valence-electron chi connectivity index (χ2n) is 4.85. The highest BCUT2D eigenvalue weighted by Crippen LogP contribution is 2.20. The first-order valence-electron chi connectivity index (χ1n) is 6.20. The largest absolute Gasteiger partial charge is 0.415 e. The molecule has 5 nitrogen and oxygen atoms in total. The molecule has 1 fully saturated rings. The maximum atomic E-state index is 12.2. The number of morpholine rings is 1. The molecule has 0 aromatic heterocycles. The highest BCUT2D eigenvalue weighted by Gasteiger charge is 2.38. The summed E-state index contributed by atoms with van der Waals surface area (Å²) in [6.07, 6.45) is -7.75. The Morgan fingerprint density at radius 3 is 2.32 bits per heavy atom. The van der Waals surface area contributed by atoms with Gasteiger partial charge in [-0.25, -0.2) is 0 Å². The van der Waals surface area contributed by atoms with Crippen LogP contribution >= 0.6 is 0 Å². The topological polar surface area (TPSA) is 56.2 Å². The van der Waals surface area contributed by atoms with E-state index in [-0.39, 0.29) is 6.54 Å². The van der Waals surface area contributed by atoms with Crippen molar-refractivity contribution in [3.8, 4) is 0 Å². The predicted molar refractivity (Wildman–Crippen MR) is 62.8 cm³/mol. The first kappa shape index (κ1) is 16.6. The first-order valence-corrected chi connectivity index (χ1v) is 6.20. The third-order valence-electron chi connectivity index (χ3n) is 2.96. The molecule has 1 aliphatic heterocycles. The van der Waals surface area contributed by atoms with Crippen LogP contribution in [0.25, 0.3) is 0 Å². The van der Waals surface area contributed by atoms with E-state index in [4.69, 9.17) is 9.84 Å². The zero-order chi connectivity index (χ0) is 14.5. The highest BCUT2D eigenvalue weighted by atomic mass is 19.4. The number of hydrogen-bond acceptors (Lipinski definition) is 5. The van der Waals surface area contributed by atoms with Crippen LogP contribution < -0.4 is 0 Å². The van der Waals surface area contributed by atoms with Crippen molar-refractivity contribution >= 4 is 0 Å². The molecule has 2 unspecified atom stereocenters. The summed E-state index contributed by atoms with van der Waals surface area (Å²) < 4.78 is 41.6. The molecule has 114 valence electrons. The number of β-amino-alcohol motifs (C(OH)–C–C–N with tert-alkyl or cyclic N) is 1. The quantitative estimate of drug-likeness (QED) is 0.692. The molecule has 0 amide bonds. The Hall–Kier alpha value is -0.410. The van der Waals surface area contributed by atoms with Gasteiger partial charge in [-0.2, -0.15) is 13.2 Å². The third-order valence-corrected chi connectivity index (χ3v) is 2.96. The van der Waals surface area contributed by atoms with Crippen LogP contribution in [0.2, 0.25) is 0 Å². The van der Waals surface area contributed by atoms with E-state index in [9.17, 15) is 18.3 Å². The SMILES string of the molecule is CN(CC(O)CN1CCOCC1)CC(O)C(F)(F)F. The minimum Gasteiger partial charge on any atom is -0.390 e. The van der Waals surface area contributed by atoms with E-state index in [1.54, 1.807) is 0 Å². The molecule has 2 atom stereocenters. The lowest BCUT2D eigenvalue weighted by atomic mass is 10.2. The molecule has 1 aliphatic rings. The Kier molecular flexibility index (Phi) is 6.48. The fourth-order valence-electron chi connectivity index (χ4n) is 1.97. The number of halogens is 3. The summed E-state index contributed by atoms with van der Waals surface area (Å²) in [7, 11) is 1.44. The summed E-state index contributed by atoms with van der Waals surface area (Å²) in [6.45, 7) is 2.59. The van der Waals surface area contributed by atoms with Gasteiger partial charge >= 0.3 is 6.18 Å². The van der Waals surface area contributed by atoms with Crippen molar-refractivity contribution in [2.75, 3.05) is 53.0 Å². The van der Waals surface area contributed by atoms with Crippen molar-refractivity contribution < 1.29 is 28.1 Å². The Balaban J connectivity index is 2.25. The minimum absolute atomic E-state index is 0.0878. The fourth-order valence-corrected chi connectivity index (χ4v) is 1.97. The molecule has 1 heterocycles. The van der Waals surface area contributed by atoms with Gasteiger partial charge in [-0.15, -0.1) is 0 Å². The Morgan fingerprint density at radius 2 is 1.79 bits per heavy atom. The zero-order valence-electron chi connectivity index (χ0n) is 10.9. The van der Waals surface area contributed by atoms with E-state index in [0.717, 1.165) is 0 Å². The molecule has 0 bridgehead atoms. The minimum atomic E-state index is -4.62. The van der Waals surface area contributed by atoms with E-state index in [1.165, 1.54) is 11.9 Å². The first-order chi connectivity index (χ1) is 8.79. The third kappa shape index (κ3) is 6.53. The molecular formula is C11H21F3N2O3. The van der Waals surface area contributed by atoms with Gasteiger partial charge in [-0.1, -0.05) is 0 Å². The molecule has 0 aliphatic carbocycles. The van der Waals surface area contributed by atoms with Gasteiger partial charge in [0.1, 0.15) is 0 Å². The summed E-state index contributed by atoms with van der Waals surface area (Å²) >= 11 is 0. The standard InChI is InChI=1S/C11H21F3N2O3/c1-15(8-10(18)11(12,13)14)6-9(17)7-16-2-4-19-5-3-16/h9-10,17-18H,2-8H2,1H3. The molecule has 19 heavy (non-hydrogen) atoms. The number of ether oxygens (including phenoxy) is 1. The number of likely N-dealkylation sites (N-methyl/N-ethyl adjacent to an activating group) is 1. The lowest BCUT2D eigenvalue weighted by Gasteiger charge is -2.30. The van der Waals surface area contributed by atoms with Crippen LogP contribution in [-0.4, -0.2) is 91.4 Å². The molecule has 2 N–H and O–H groups in total. The monoisotopic (exact) mass is 286 g/mol. The molecule has 0 saturated carbocycles. The van der Waals surface area contributed by atoms with Crippen LogP contribution in [0.1, 0.15) is 0 Å². The Morgan fingerprint density at radius 1 is 1.21 bits per heavy atom. The number of rotatable bonds is 6. The van der Waals surface area contributed by atoms with Crippen molar-refractivity contribution in [3.05, 3.63) is 0 Å². The van der Waals surface area contributed by atoms with Gasteiger partial charge in [-0.3, -0.25) is 4.90 Å². The average molecular weight is 286 g/mol. The predicted octanol–water partition coefficient (Wildman–Crippen LogP) is -0.465. The van der Waals surface area contributed by atoms with E-state index < -0.39 is 24.9 Å². The van der Waals surface area contributed by atoms with Crippen LogP contribution in [0.3, 0.4) is 0 Å². The fraction of sp³-hybridized carbons (Fsp3) is 1.00. The smallest absolute Gasteiger partial charge is 0.390 e. The molecule has 0 radical (unpaired) electrons. The summed E-state index contributed by atoms with van der Waals surface area (Å²) in [6, 6.07) is 0. The van der Waals surface area contributed by atoms with Gasteiger partial charge in [-0.05, 0) is 7.05 Å². The van der Waals surface area contributed by atoms with Crippen molar-refractivity contribution in [1.82, 2.24) is 9.80 Å². The van der Waals surface area contributed by atoms with Gasteiger partial charge in [0.15, 0.2) is 6.10 Å². The maximum absolute atomic E-state index is 12.2.